The number of aromatic nitrogens is 2. The first-order chi connectivity index (χ1) is 8.09. The van der Waals surface area contributed by atoms with E-state index in [0.717, 1.165) is 23.4 Å². The third-order valence-electron chi connectivity index (χ3n) is 2.96. The van der Waals surface area contributed by atoms with Crippen molar-refractivity contribution in [1.82, 2.24) is 14.8 Å². The lowest BCUT2D eigenvalue weighted by molar-refractivity contribution is -0.162. The van der Waals surface area contributed by atoms with Crippen LogP contribution in [-0.4, -0.2) is 33.9 Å². The molecule has 2 rings (SSSR count). The number of hydroxylamine groups is 2. The topological polar surface area (TPSA) is 47.4 Å². The van der Waals surface area contributed by atoms with Gasteiger partial charge < -0.3 is 0 Å². The summed E-state index contributed by atoms with van der Waals surface area (Å²) >= 11 is 0. The third-order valence-corrected chi connectivity index (χ3v) is 2.96. The minimum atomic E-state index is -0.106. The smallest absolute Gasteiger partial charge is 0.270 e. The zero-order valence-corrected chi connectivity index (χ0v) is 10.4. The van der Waals surface area contributed by atoms with E-state index in [2.05, 4.69) is 5.10 Å². The van der Waals surface area contributed by atoms with Gasteiger partial charge in [-0.1, -0.05) is 0 Å². The fourth-order valence-electron chi connectivity index (χ4n) is 1.89. The fourth-order valence-corrected chi connectivity index (χ4v) is 1.89. The number of amides is 1. The van der Waals surface area contributed by atoms with Crippen LogP contribution < -0.4 is 0 Å². The Labute approximate surface area is 101 Å². The summed E-state index contributed by atoms with van der Waals surface area (Å²) in [4.78, 5) is 16.9. The van der Waals surface area contributed by atoms with Crippen LogP contribution >= 0.6 is 0 Å². The molecule has 1 aliphatic heterocycles. The highest BCUT2D eigenvalue weighted by atomic mass is 16.7. The Hall–Kier alpha value is -1.62. The molecule has 17 heavy (non-hydrogen) atoms. The molecule has 1 fully saturated rings. The first-order valence-corrected chi connectivity index (χ1v) is 5.72. The minimum Gasteiger partial charge on any atom is -0.272 e. The van der Waals surface area contributed by atoms with Crippen LogP contribution in [0.4, 0.5) is 0 Å². The second-order valence-electron chi connectivity index (χ2n) is 4.17. The molecular weight excluding hydrogens is 218 g/mol. The number of carbonyl (C=O) groups excluding carboxylic acids is 1. The first-order valence-electron chi connectivity index (χ1n) is 5.72. The summed E-state index contributed by atoms with van der Waals surface area (Å²) in [5.41, 5.74) is 2.98. The molecule has 0 saturated carbocycles. The normalized spacial score (nSPS) is 16.1. The second-order valence-corrected chi connectivity index (χ2v) is 4.17. The molecule has 0 radical (unpaired) electrons. The van der Waals surface area contributed by atoms with Crippen LogP contribution in [0.15, 0.2) is 6.08 Å². The molecule has 0 aromatic carbocycles. The van der Waals surface area contributed by atoms with Crippen molar-refractivity contribution in [2.45, 2.75) is 20.3 Å². The Balaban J connectivity index is 2.11. The monoisotopic (exact) mass is 235 g/mol. The molecule has 1 aliphatic rings. The summed E-state index contributed by atoms with van der Waals surface area (Å²) in [7, 11) is 1.89. The largest absolute Gasteiger partial charge is 0.272 e. The van der Waals surface area contributed by atoms with Crippen molar-refractivity contribution in [1.29, 1.82) is 0 Å². The number of carbonyl (C=O) groups is 1. The summed E-state index contributed by atoms with van der Waals surface area (Å²) in [5.74, 6) is -0.106. The van der Waals surface area contributed by atoms with E-state index in [1.54, 1.807) is 6.08 Å². The summed E-state index contributed by atoms with van der Waals surface area (Å²) in [6.07, 6.45) is 4.26. The van der Waals surface area contributed by atoms with Crippen LogP contribution in [-0.2, 0) is 16.7 Å². The molecule has 1 saturated heterocycles. The Bertz CT molecular complexity index is 457. The van der Waals surface area contributed by atoms with E-state index in [4.69, 9.17) is 4.84 Å². The Kier molecular flexibility index (Phi) is 3.28. The van der Waals surface area contributed by atoms with Crippen LogP contribution in [0.2, 0.25) is 0 Å². The lowest BCUT2D eigenvalue weighted by atomic mass is 10.2. The molecule has 1 aromatic rings. The van der Waals surface area contributed by atoms with Crippen molar-refractivity contribution in [3.8, 4) is 0 Å². The van der Waals surface area contributed by atoms with E-state index in [9.17, 15) is 4.79 Å². The summed E-state index contributed by atoms with van der Waals surface area (Å²) < 4.78 is 1.81. The van der Waals surface area contributed by atoms with Gasteiger partial charge in [-0.2, -0.15) is 5.10 Å². The van der Waals surface area contributed by atoms with Crippen molar-refractivity contribution >= 4 is 12.0 Å². The van der Waals surface area contributed by atoms with Gasteiger partial charge in [0.05, 0.1) is 18.8 Å². The molecule has 92 valence electrons. The maximum absolute atomic E-state index is 11.7. The maximum Gasteiger partial charge on any atom is 0.270 e. The highest BCUT2D eigenvalue weighted by molar-refractivity contribution is 5.91. The molecule has 5 heteroatoms. The maximum atomic E-state index is 11.7. The van der Waals surface area contributed by atoms with Crippen LogP contribution in [0.25, 0.3) is 6.08 Å². The van der Waals surface area contributed by atoms with E-state index >= 15 is 0 Å². The van der Waals surface area contributed by atoms with Gasteiger partial charge in [-0.25, -0.2) is 5.06 Å². The molecule has 0 N–H and O–H groups in total. The van der Waals surface area contributed by atoms with E-state index in [-0.39, 0.29) is 5.91 Å². The van der Waals surface area contributed by atoms with Crippen molar-refractivity contribution in [2.24, 2.45) is 7.05 Å². The summed E-state index contributed by atoms with van der Waals surface area (Å²) in [6.45, 7) is 5.22. The number of hydrogen-bond donors (Lipinski definition) is 0. The Morgan fingerprint density at radius 3 is 2.76 bits per heavy atom. The molecule has 0 bridgehead atoms. The number of aryl methyl sites for hydroxylation is 2. The number of rotatable bonds is 2. The quantitative estimate of drug-likeness (QED) is 0.724. The van der Waals surface area contributed by atoms with Crippen LogP contribution in [0.1, 0.15) is 23.4 Å². The highest BCUT2D eigenvalue weighted by Gasteiger charge is 2.17. The standard InChI is InChI=1S/C12H17N3O2/c1-9-11(10(2)14(3)13-9)5-6-12(16)15-7-4-8-17-15/h5-6H,4,7-8H2,1-3H3/b6-5+. The molecule has 0 spiro atoms. The van der Waals surface area contributed by atoms with Gasteiger partial charge in [0.2, 0.25) is 0 Å². The van der Waals surface area contributed by atoms with Gasteiger partial charge in [0, 0.05) is 24.4 Å². The van der Waals surface area contributed by atoms with Crippen molar-refractivity contribution in [3.05, 3.63) is 23.0 Å². The summed E-state index contributed by atoms with van der Waals surface area (Å²) in [6, 6.07) is 0. The Morgan fingerprint density at radius 2 is 2.24 bits per heavy atom. The van der Waals surface area contributed by atoms with Crippen LogP contribution in [0.5, 0.6) is 0 Å². The van der Waals surface area contributed by atoms with Gasteiger partial charge in [-0.15, -0.1) is 0 Å². The van der Waals surface area contributed by atoms with Gasteiger partial charge in [-0.3, -0.25) is 14.3 Å². The predicted molar refractivity (Wildman–Crippen MR) is 64.0 cm³/mol. The second kappa shape index (κ2) is 4.71. The van der Waals surface area contributed by atoms with Gasteiger partial charge in [0.1, 0.15) is 0 Å². The average Bonchev–Trinajstić information content (AvgIpc) is 2.88. The van der Waals surface area contributed by atoms with Crippen LogP contribution in [0.3, 0.4) is 0 Å². The van der Waals surface area contributed by atoms with Crippen molar-refractivity contribution < 1.29 is 9.63 Å². The van der Waals surface area contributed by atoms with Gasteiger partial charge in [-0.05, 0) is 26.3 Å². The summed E-state index contributed by atoms with van der Waals surface area (Å²) in [5, 5.41) is 5.70. The zero-order chi connectivity index (χ0) is 12.4. The fraction of sp³-hybridized carbons (Fsp3) is 0.500. The van der Waals surface area contributed by atoms with E-state index < -0.39 is 0 Å². The lowest BCUT2D eigenvalue weighted by Crippen LogP contribution is -2.24. The minimum absolute atomic E-state index is 0.106. The predicted octanol–water partition coefficient (Wildman–Crippen LogP) is 1.21. The molecule has 1 aromatic heterocycles. The van der Waals surface area contributed by atoms with Gasteiger partial charge in [0.25, 0.3) is 5.91 Å². The molecule has 1 amide bonds. The molecule has 0 unspecified atom stereocenters. The molecular formula is C12H17N3O2. The third kappa shape index (κ3) is 2.39. The zero-order valence-electron chi connectivity index (χ0n) is 10.4. The van der Waals surface area contributed by atoms with Crippen LogP contribution in [0, 0.1) is 13.8 Å². The molecule has 2 heterocycles. The molecule has 0 aliphatic carbocycles. The number of nitrogens with zero attached hydrogens (tertiary/aromatic N) is 3. The number of hydrogen-bond acceptors (Lipinski definition) is 3. The van der Waals surface area contributed by atoms with E-state index in [1.807, 2.05) is 31.7 Å². The van der Waals surface area contributed by atoms with Crippen molar-refractivity contribution in [2.75, 3.05) is 13.2 Å². The first kappa shape index (κ1) is 11.9. The van der Waals surface area contributed by atoms with E-state index in [0.29, 0.717) is 13.2 Å². The average molecular weight is 235 g/mol. The lowest BCUT2D eigenvalue weighted by Gasteiger charge is -2.10. The Morgan fingerprint density at radius 1 is 1.47 bits per heavy atom. The molecule has 0 atom stereocenters. The highest BCUT2D eigenvalue weighted by Crippen LogP contribution is 2.14. The van der Waals surface area contributed by atoms with Gasteiger partial charge in [0.15, 0.2) is 0 Å². The molecule has 5 nitrogen and oxygen atoms in total. The van der Waals surface area contributed by atoms with E-state index in [1.165, 1.54) is 5.06 Å². The SMILES string of the molecule is Cc1nn(C)c(C)c1/C=C/C(=O)N1CCCO1. The van der Waals surface area contributed by atoms with Gasteiger partial charge >= 0.3 is 0 Å². The van der Waals surface area contributed by atoms with Crippen molar-refractivity contribution in [3.63, 3.8) is 0 Å².